The highest BCUT2D eigenvalue weighted by Gasteiger charge is 2.31. The molecule has 1 atom stereocenters. The molecule has 1 aliphatic carbocycles. The van der Waals surface area contributed by atoms with Crippen LogP contribution in [0.5, 0.6) is 0 Å². The molecule has 1 fully saturated rings. The molecular weight excluding hydrogens is 243 g/mol. The lowest BCUT2D eigenvalue weighted by atomic mass is 10.2. The van der Waals surface area contributed by atoms with Crippen molar-refractivity contribution in [3.8, 4) is 0 Å². The van der Waals surface area contributed by atoms with Crippen LogP contribution >= 0.6 is 0 Å². The smallest absolute Gasteiger partial charge is 0.242 e. The van der Waals surface area contributed by atoms with Gasteiger partial charge in [-0.2, -0.15) is 0 Å². The fourth-order valence-corrected chi connectivity index (χ4v) is 3.19. The van der Waals surface area contributed by atoms with Crippen LogP contribution in [0.25, 0.3) is 0 Å². The van der Waals surface area contributed by atoms with Gasteiger partial charge in [-0.3, -0.25) is 0 Å². The summed E-state index contributed by atoms with van der Waals surface area (Å²) < 4.78 is 39.4. The molecule has 17 heavy (non-hydrogen) atoms. The Hall–Kier alpha value is -1.14. The number of nitrogen functional groups attached to an aromatic ring is 1. The van der Waals surface area contributed by atoms with Crippen LogP contribution < -0.4 is 10.5 Å². The monoisotopic (exact) mass is 258 g/mol. The van der Waals surface area contributed by atoms with E-state index in [9.17, 15) is 12.8 Å². The highest BCUT2D eigenvalue weighted by atomic mass is 32.2. The second-order valence-corrected chi connectivity index (χ2v) is 6.11. The van der Waals surface area contributed by atoms with Gasteiger partial charge in [0.05, 0.1) is 5.69 Å². The highest BCUT2D eigenvalue weighted by Crippen LogP contribution is 2.33. The molecule has 1 aromatic carbocycles. The van der Waals surface area contributed by atoms with Crippen molar-refractivity contribution in [2.24, 2.45) is 5.92 Å². The summed E-state index contributed by atoms with van der Waals surface area (Å²) in [6, 6.07) is 3.18. The molecule has 4 nitrogen and oxygen atoms in total. The molecule has 6 heteroatoms. The predicted molar refractivity (Wildman–Crippen MR) is 63.3 cm³/mol. The Morgan fingerprint density at radius 3 is 2.65 bits per heavy atom. The zero-order chi connectivity index (χ0) is 12.6. The van der Waals surface area contributed by atoms with Gasteiger partial charge in [-0.25, -0.2) is 17.5 Å². The summed E-state index contributed by atoms with van der Waals surface area (Å²) >= 11 is 0. The van der Waals surface area contributed by atoms with Crippen LogP contribution in [-0.2, 0) is 10.0 Å². The molecule has 0 heterocycles. The van der Waals surface area contributed by atoms with Crippen LogP contribution in [0.1, 0.15) is 19.8 Å². The highest BCUT2D eigenvalue weighted by molar-refractivity contribution is 7.89. The summed E-state index contributed by atoms with van der Waals surface area (Å²) in [4.78, 5) is -0.0635. The van der Waals surface area contributed by atoms with E-state index in [1.165, 1.54) is 6.07 Å². The molecule has 0 spiro atoms. The SMILES string of the molecule is CC(NS(=O)(=O)c1ccc(F)cc1N)C1CC1. The van der Waals surface area contributed by atoms with Crippen molar-refractivity contribution in [1.82, 2.24) is 4.72 Å². The molecule has 0 radical (unpaired) electrons. The molecule has 1 unspecified atom stereocenters. The van der Waals surface area contributed by atoms with E-state index in [1.807, 2.05) is 6.92 Å². The van der Waals surface area contributed by atoms with Crippen LogP contribution in [0.15, 0.2) is 23.1 Å². The normalized spacial score (nSPS) is 18.0. The first-order chi connectivity index (χ1) is 7.90. The minimum Gasteiger partial charge on any atom is -0.398 e. The number of benzene rings is 1. The van der Waals surface area contributed by atoms with Gasteiger partial charge in [-0.1, -0.05) is 0 Å². The third-order valence-electron chi connectivity index (χ3n) is 2.93. The Bertz CT molecular complexity index is 526. The number of hydrogen-bond donors (Lipinski definition) is 2. The number of hydrogen-bond acceptors (Lipinski definition) is 3. The van der Waals surface area contributed by atoms with E-state index < -0.39 is 15.8 Å². The molecule has 0 amide bonds. The average Bonchev–Trinajstić information content (AvgIpc) is 2.98. The fraction of sp³-hybridized carbons (Fsp3) is 0.455. The lowest BCUT2D eigenvalue weighted by molar-refractivity contribution is 0.538. The van der Waals surface area contributed by atoms with E-state index in [0.717, 1.165) is 25.0 Å². The number of nitrogens with two attached hydrogens (primary N) is 1. The minimum absolute atomic E-state index is 0.0635. The number of nitrogens with one attached hydrogen (secondary N) is 1. The van der Waals surface area contributed by atoms with Crippen molar-refractivity contribution in [1.29, 1.82) is 0 Å². The first kappa shape index (κ1) is 12.3. The first-order valence-electron chi connectivity index (χ1n) is 5.47. The molecule has 3 N–H and O–H groups in total. The maximum atomic E-state index is 12.8. The maximum Gasteiger partial charge on any atom is 0.242 e. The minimum atomic E-state index is -3.65. The Morgan fingerprint density at radius 2 is 2.12 bits per heavy atom. The molecule has 0 aromatic heterocycles. The molecule has 1 saturated carbocycles. The molecule has 0 saturated heterocycles. The van der Waals surface area contributed by atoms with E-state index in [0.29, 0.717) is 5.92 Å². The number of rotatable bonds is 4. The van der Waals surface area contributed by atoms with Gasteiger partial charge in [0.25, 0.3) is 0 Å². The van der Waals surface area contributed by atoms with E-state index in [1.54, 1.807) is 0 Å². The molecule has 2 rings (SSSR count). The van der Waals surface area contributed by atoms with Gasteiger partial charge in [-0.15, -0.1) is 0 Å². The summed E-state index contributed by atoms with van der Waals surface area (Å²) in [7, 11) is -3.65. The predicted octanol–water partition coefficient (Wildman–Crippen LogP) is 1.48. The number of halogens is 1. The Morgan fingerprint density at radius 1 is 1.47 bits per heavy atom. The van der Waals surface area contributed by atoms with E-state index >= 15 is 0 Å². The third-order valence-corrected chi connectivity index (χ3v) is 4.56. The van der Waals surface area contributed by atoms with E-state index in [4.69, 9.17) is 5.73 Å². The van der Waals surface area contributed by atoms with Crippen LogP contribution in [0.2, 0.25) is 0 Å². The van der Waals surface area contributed by atoms with Gasteiger partial charge in [0.1, 0.15) is 10.7 Å². The van der Waals surface area contributed by atoms with Crippen LogP contribution in [0.4, 0.5) is 10.1 Å². The lowest BCUT2D eigenvalue weighted by Crippen LogP contribution is -2.34. The third kappa shape index (κ3) is 2.76. The molecule has 0 bridgehead atoms. The molecule has 94 valence electrons. The van der Waals surface area contributed by atoms with Gasteiger partial charge < -0.3 is 5.73 Å². The summed E-state index contributed by atoms with van der Waals surface area (Å²) in [6.45, 7) is 1.83. The molecular formula is C11H15FN2O2S. The van der Waals surface area contributed by atoms with E-state index in [-0.39, 0.29) is 16.6 Å². The van der Waals surface area contributed by atoms with Crippen molar-refractivity contribution in [3.05, 3.63) is 24.0 Å². The number of anilines is 1. The Balaban J connectivity index is 2.24. The van der Waals surface area contributed by atoms with Crippen molar-refractivity contribution in [2.45, 2.75) is 30.7 Å². The maximum absolute atomic E-state index is 12.8. The van der Waals surface area contributed by atoms with Gasteiger partial charge >= 0.3 is 0 Å². The Kier molecular flexibility index (Phi) is 3.09. The van der Waals surface area contributed by atoms with Crippen molar-refractivity contribution < 1.29 is 12.8 Å². The topological polar surface area (TPSA) is 72.2 Å². The lowest BCUT2D eigenvalue weighted by Gasteiger charge is -2.14. The summed E-state index contributed by atoms with van der Waals surface area (Å²) in [5.41, 5.74) is 5.45. The van der Waals surface area contributed by atoms with Crippen molar-refractivity contribution in [3.63, 3.8) is 0 Å². The Labute approximate surface area is 100 Å². The largest absolute Gasteiger partial charge is 0.398 e. The van der Waals surface area contributed by atoms with Gasteiger partial charge in [0.15, 0.2) is 0 Å². The first-order valence-corrected chi connectivity index (χ1v) is 6.96. The second-order valence-electron chi connectivity index (χ2n) is 4.43. The van der Waals surface area contributed by atoms with Crippen LogP contribution in [0.3, 0.4) is 0 Å². The molecule has 1 aliphatic rings. The van der Waals surface area contributed by atoms with Gasteiger partial charge in [-0.05, 0) is 43.9 Å². The quantitative estimate of drug-likeness (QED) is 0.804. The summed E-state index contributed by atoms with van der Waals surface area (Å²) in [5, 5.41) is 0. The summed E-state index contributed by atoms with van der Waals surface area (Å²) in [5.74, 6) is -0.136. The molecule has 1 aromatic rings. The summed E-state index contributed by atoms with van der Waals surface area (Å²) in [6.07, 6.45) is 2.09. The van der Waals surface area contributed by atoms with Crippen molar-refractivity contribution in [2.75, 3.05) is 5.73 Å². The fourth-order valence-electron chi connectivity index (χ4n) is 1.76. The van der Waals surface area contributed by atoms with Crippen molar-refractivity contribution >= 4 is 15.7 Å². The zero-order valence-electron chi connectivity index (χ0n) is 9.48. The van der Waals surface area contributed by atoms with Crippen LogP contribution in [0, 0.1) is 11.7 Å². The number of sulfonamides is 1. The molecule has 0 aliphatic heterocycles. The van der Waals surface area contributed by atoms with Gasteiger partial charge in [0, 0.05) is 6.04 Å². The average molecular weight is 258 g/mol. The van der Waals surface area contributed by atoms with Gasteiger partial charge in [0.2, 0.25) is 10.0 Å². The standard InChI is InChI=1S/C11H15FN2O2S/c1-7(8-2-3-8)14-17(15,16)11-5-4-9(12)6-10(11)13/h4-8,14H,2-3,13H2,1H3. The zero-order valence-corrected chi connectivity index (χ0v) is 10.3. The second kappa shape index (κ2) is 4.27. The van der Waals surface area contributed by atoms with Crippen LogP contribution in [-0.4, -0.2) is 14.5 Å². The van der Waals surface area contributed by atoms with E-state index in [2.05, 4.69) is 4.72 Å².